The number of halogens is 2. The van der Waals surface area contributed by atoms with Crippen LogP contribution in [0, 0.1) is 0 Å². The second kappa shape index (κ2) is 5.48. The van der Waals surface area contributed by atoms with Crippen molar-refractivity contribution in [3.63, 3.8) is 0 Å². The molecule has 1 atom stereocenters. The molecule has 1 saturated carbocycles. The molecule has 1 aliphatic heterocycles. The molecule has 18 heavy (non-hydrogen) atoms. The number of cyclic esters (lactones) is 1. The number of ether oxygens (including phenoxy) is 1. The Kier molecular flexibility index (Phi) is 4.17. The topological polar surface area (TPSA) is 41.6 Å². The molecule has 0 radical (unpaired) electrons. The predicted octanol–water partition coefficient (Wildman–Crippen LogP) is 1.01. The van der Waals surface area contributed by atoms with Gasteiger partial charge in [0.15, 0.2) is 0 Å². The van der Waals surface area contributed by atoms with Gasteiger partial charge in [-0.2, -0.15) is 8.78 Å². The van der Waals surface area contributed by atoms with Crippen LogP contribution in [0.25, 0.3) is 0 Å². The smallest absolute Gasteiger partial charge is 0.377 e. The average Bonchev–Trinajstić information content (AvgIpc) is 3.08. The van der Waals surface area contributed by atoms with Gasteiger partial charge < -0.3 is 10.1 Å². The van der Waals surface area contributed by atoms with Gasteiger partial charge in [-0.1, -0.05) is 6.92 Å². The number of rotatable bonds is 7. The van der Waals surface area contributed by atoms with Gasteiger partial charge in [0.1, 0.15) is 6.10 Å². The number of nitrogens with zero attached hydrogens (tertiary/aromatic N) is 1. The van der Waals surface area contributed by atoms with Gasteiger partial charge >= 0.3 is 11.9 Å². The first-order chi connectivity index (χ1) is 8.53. The molecule has 2 fully saturated rings. The number of likely N-dealkylation sites (N-methyl/N-ethyl adjacent to an activating group) is 1. The van der Waals surface area contributed by atoms with Crippen LogP contribution in [0.4, 0.5) is 8.78 Å². The monoisotopic (exact) mass is 262 g/mol. The van der Waals surface area contributed by atoms with Crippen LogP contribution in [-0.2, 0) is 9.53 Å². The van der Waals surface area contributed by atoms with Gasteiger partial charge in [0, 0.05) is 25.7 Å². The van der Waals surface area contributed by atoms with E-state index >= 15 is 0 Å². The Morgan fingerprint density at radius 1 is 1.50 bits per heavy atom. The van der Waals surface area contributed by atoms with Crippen LogP contribution in [-0.4, -0.2) is 55.1 Å². The molecule has 0 aromatic rings. The summed E-state index contributed by atoms with van der Waals surface area (Å²) in [5.74, 6) is -4.68. The quantitative estimate of drug-likeness (QED) is 0.549. The van der Waals surface area contributed by atoms with Gasteiger partial charge in [-0.25, -0.2) is 4.79 Å². The Hall–Kier alpha value is -0.750. The van der Waals surface area contributed by atoms with Crippen molar-refractivity contribution < 1.29 is 18.3 Å². The van der Waals surface area contributed by atoms with Gasteiger partial charge in [-0.15, -0.1) is 0 Å². The molecule has 1 unspecified atom stereocenters. The molecule has 1 aliphatic carbocycles. The lowest BCUT2D eigenvalue weighted by atomic mass is 10.2. The highest BCUT2D eigenvalue weighted by atomic mass is 19.3. The van der Waals surface area contributed by atoms with Gasteiger partial charge in [0.2, 0.25) is 0 Å². The molecular formula is C12H20F2N2O2. The highest BCUT2D eigenvalue weighted by Crippen LogP contribution is 2.30. The molecule has 2 aliphatic rings. The third-order valence-corrected chi connectivity index (χ3v) is 3.47. The van der Waals surface area contributed by atoms with Crippen molar-refractivity contribution in [2.24, 2.45) is 0 Å². The Bertz CT molecular complexity index is 308. The van der Waals surface area contributed by atoms with Gasteiger partial charge in [0.25, 0.3) is 0 Å². The van der Waals surface area contributed by atoms with Crippen LogP contribution in [0.15, 0.2) is 0 Å². The van der Waals surface area contributed by atoms with Crippen molar-refractivity contribution in [2.75, 3.05) is 26.2 Å². The molecular weight excluding hydrogens is 242 g/mol. The van der Waals surface area contributed by atoms with Gasteiger partial charge in [0.05, 0.1) is 6.42 Å². The predicted molar refractivity (Wildman–Crippen MR) is 62.6 cm³/mol. The fraction of sp³-hybridized carbons (Fsp3) is 0.917. The minimum atomic E-state index is -3.30. The van der Waals surface area contributed by atoms with Crippen LogP contribution < -0.4 is 5.32 Å². The summed E-state index contributed by atoms with van der Waals surface area (Å²) >= 11 is 0. The Morgan fingerprint density at radius 3 is 2.72 bits per heavy atom. The lowest BCUT2D eigenvalue weighted by Crippen LogP contribution is -2.36. The molecule has 6 heteroatoms. The molecule has 0 bridgehead atoms. The van der Waals surface area contributed by atoms with E-state index in [1.807, 2.05) is 0 Å². The Morgan fingerprint density at radius 2 is 2.22 bits per heavy atom. The highest BCUT2D eigenvalue weighted by molar-refractivity contribution is 5.79. The number of hydrogen-bond donors (Lipinski definition) is 1. The van der Waals surface area contributed by atoms with Crippen molar-refractivity contribution in [3.8, 4) is 0 Å². The summed E-state index contributed by atoms with van der Waals surface area (Å²) in [4.78, 5) is 13.2. The van der Waals surface area contributed by atoms with Crippen LogP contribution in [0.3, 0.4) is 0 Å². The van der Waals surface area contributed by atoms with E-state index in [4.69, 9.17) is 0 Å². The number of alkyl halides is 2. The molecule has 4 nitrogen and oxygen atoms in total. The summed E-state index contributed by atoms with van der Waals surface area (Å²) in [5.41, 5.74) is 0. The Labute approximate surface area is 106 Å². The maximum atomic E-state index is 12.9. The maximum absolute atomic E-state index is 12.9. The third kappa shape index (κ3) is 3.38. The van der Waals surface area contributed by atoms with E-state index in [2.05, 4.69) is 21.9 Å². The van der Waals surface area contributed by atoms with Crippen molar-refractivity contribution >= 4 is 5.97 Å². The van der Waals surface area contributed by atoms with E-state index in [1.54, 1.807) is 0 Å². The van der Waals surface area contributed by atoms with E-state index in [9.17, 15) is 13.6 Å². The van der Waals surface area contributed by atoms with Crippen molar-refractivity contribution in [1.82, 2.24) is 10.2 Å². The third-order valence-electron chi connectivity index (χ3n) is 3.47. The average molecular weight is 262 g/mol. The first-order valence-corrected chi connectivity index (χ1v) is 6.56. The first-order valence-electron chi connectivity index (χ1n) is 6.56. The maximum Gasteiger partial charge on any atom is 0.377 e. The number of hydrogen-bond acceptors (Lipinski definition) is 4. The summed E-state index contributed by atoms with van der Waals surface area (Å²) < 4.78 is 30.4. The molecule has 1 N–H and O–H groups in total. The van der Waals surface area contributed by atoms with E-state index in [0.29, 0.717) is 12.6 Å². The second-order valence-corrected chi connectivity index (χ2v) is 5.00. The van der Waals surface area contributed by atoms with Crippen LogP contribution >= 0.6 is 0 Å². The van der Waals surface area contributed by atoms with Crippen LogP contribution in [0.1, 0.15) is 26.2 Å². The zero-order chi connectivity index (χ0) is 13.2. The molecule has 104 valence electrons. The lowest BCUT2D eigenvalue weighted by Gasteiger charge is -2.20. The lowest BCUT2D eigenvalue weighted by molar-refractivity contribution is -0.159. The Balaban J connectivity index is 1.60. The van der Waals surface area contributed by atoms with E-state index in [0.717, 1.165) is 19.6 Å². The van der Waals surface area contributed by atoms with Crippen molar-refractivity contribution in [3.05, 3.63) is 0 Å². The number of esters is 1. The molecule has 0 aromatic heterocycles. The summed E-state index contributed by atoms with van der Waals surface area (Å²) in [7, 11) is 0. The SMILES string of the molecule is CCN(CCNCC1CC(F)(F)C(=O)O1)C1CC1. The zero-order valence-corrected chi connectivity index (χ0v) is 10.6. The molecule has 1 saturated heterocycles. The molecule has 0 aromatic carbocycles. The highest BCUT2D eigenvalue weighted by Gasteiger charge is 2.50. The standard InChI is InChI=1S/C12H20F2N2O2/c1-2-16(9-3-4-9)6-5-15-8-10-7-12(13,14)11(17)18-10/h9-10,15H,2-8H2,1H3. The zero-order valence-electron chi connectivity index (χ0n) is 10.6. The fourth-order valence-electron chi connectivity index (χ4n) is 2.29. The summed E-state index contributed by atoms with van der Waals surface area (Å²) in [5, 5.41) is 3.08. The normalized spacial score (nSPS) is 26.7. The van der Waals surface area contributed by atoms with E-state index < -0.39 is 24.4 Å². The second-order valence-electron chi connectivity index (χ2n) is 5.00. The van der Waals surface area contributed by atoms with Gasteiger partial charge in [-0.3, -0.25) is 4.90 Å². The molecule has 1 heterocycles. The van der Waals surface area contributed by atoms with E-state index in [-0.39, 0.29) is 0 Å². The first kappa shape index (κ1) is 13.7. The summed E-state index contributed by atoms with van der Waals surface area (Å²) in [6.45, 7) is 5.10. The van der Waals surface area contributed by atoms with Crippen molar-refractivity contribution in [1.29, 1.82) is 0 Å². The van der Waals surface area contributed by atoms with Crippen LogP contribution in [0.5, 0.6) is 0 Å². The number of carbonyl (C=O) groups is 1. The fourth-order valence-corrected chi connectivity index (χ4v) is 2.29. The molecule has 2 rings (SSSR count). The van der Waals surface area contributed by atoms with Crippen molar-refractivity contribution in [2.45, 2.75) is 44.3 Å². The number of nitrogens with one attached hydrogen (secondary N) is 1. The summed E-state index contributed by atoms with van der Waals surface area (Å²) in [6, 6.07) is 0.713. The largest absolute Gasteiger partial charge is 0.456 e. The van der Waals surface area contributed by atoms with Crippen LogP contribution in [0.2, 0.25) is 0 Å². The molecule has 0 spiro atoms. The van der Waals surface area contributed by atoms with Gasteiger partial charge in [-0.05, 0) is 19.4 Å². The summed E-state index contributed by atoms with van der Waals surface area (Å²) in [6.07, 6.45) is 1.34. The molecule has 0 amide bonds. The van der Waals surface area contributed by atoms with E-state index in [1.165, 1.54) is 12.8 Å². The minimum absolute atomic E-state index is 0.309. The minimum Gasteiger partial charge on any atom is -0.456 e. The number of carbonyl (C=O) groups excluding carboxylic acids is 1.